The molecule has 2 amide bonds. The molecular weight excluding hydrogens is 294 g/mol. The Labute approximate surface area is 134 Å². The van der Waals surface area contributed by atoms with Crippen LogP contribution in [0.15, 0.2) is 48.8 Å². The van der Waals surface area contributed by atoms with Gasteiger partial charge in [0.05, 0.1) is 19.2 Å². The van der Waals surface area contributed by atoms with Crippen LogP contribution >= 0.6 is 0 Å². The van der Waals surface area contributed by atoms with E-state index in [4.69, 9.17) is 4.74 Å². The van der Waals surface area contributed by atoms with E-state index in [-0.39, 0.29) is 24.3 Å². The Hall–Kier alpha value is -2.73. The van der Waals surface area contributed by atoms with E-state index in [0.29, 0.717) is 18.0 Å². The van der Waals surface area contributed by atoms with Gasteiger partial charge in [-0.2, -0.15) is 0 Å². The number of imide groups is 1. The van der Waals surface area contributed by atoms with Gasteiger partial charge in [0.2, 0.25) is 5.91 Å². The smallest absolute Gasteiger partial charge is 0.292 e. The molecule has 0 bridgehead atoms. The van der Waals surface area contributed by atoms with Crippen molar-refractivity contribution in [2.75, 3.05) is 12.0 Å². The molecule has 1 unspecified atom stereocenters. The van der Waals surface area contributed by atoms with E-state index in [1.165, 1.54) is 4.90 Å². The molecule has 0 spiro atoms. The van der Waals surface area contributed by atoms with E-state index in [1.54, 1.807) is 43.8 Å². The molecule has 6 nitrogen and oxygen atoms in total. The van der Waals surface area contributed by atoms with Crippen LogP contribution < -0.4 is 15.0 Å². The number of amides is 2. The fraction of sp³-hybridized carbons (Fsp3) is 0.235. The summed E-state index contributed by atoms with van der Waals surface area (Å²) < 4.78 is 5.09. The zero-order valence-electron chi connectivity index (χ0n) is 12.8. The van der Waals surface area contributed by atoms with Crippen LogP contribution in [0.4, 0.5) is 5.69 Å². The first kappa shape index (κ1) is 15.2. The van der Waals surface area contributed by atoms with E-state index in [9.17, 15) is 9.59 Å². The minimum absolute atomic E-state index is 0.170. The molecule has 1 aliphatic rings. The maximum absolute atomic E-state index is 12.5. The summed E-state index contributed by atoms with van der Waals surface area (Å²) in [6.45, 7) is 0.642. The summed E-state index contributed by atoms with van der Waals surface area (Å²) in [5.74, 6) is 0.346. The van der Waals surface area contributed by atoms with E-state index < -0.39 is 0 Å². The summed E-state index contributed by atoms with van der Waals surface area (Å²) >= 11 is 0. The molecule has 2 aromatic rings. The topological polar surface area (TPSA) is 76.1 Å². The number of hydrogen-bond donors (Lipinski definition) is 1. The van der Waals surface area contributed by atoms with Crippen molar-refractivity contribution >= 4 is 17.5 Å². The fourth-order valence-corrected chi connectivity index (χ4v) is 2.64. The lowest BCUT2D eigenvalue weighted by molar-refractivity contribution is -0.690. The Bertz CT molecular complexity index is 701. The monoisotopic (exact) mass is 312 g/mol. The summed E-state index contributed by atoms with van der Waals surface area (Å²) in [7, 11) is 1.57. The predicted molar refractivity (Wildman–Crippen MR) is 83.8 cm³/mol. The minimum atomic E-state index is -0.377. The number of rotatable bonds is 5. The third-order valence-electron chi connectivity index (χ3n) is 3.90. The van der Waals surface area contributed by atoms with Crippen molar-refractivity contribution in [2.24, 2.45) is 0 Å². The number of ether oxygens (including phenoxy) is 1. The van der Waals surface area contributed by atoms with Crippen LogP contribution in [-0.4, -0.2) is 29.9 Å². The maximum atomic E-state index is 12.5. The van der Waals surface area contributed by atoms with Gasteiger partial charge in [-0.3, -0.25) is 14.6 Å². The number of carbonyl (C=O) groups is 2. The Morgan fingerprint density at radius 3 is 2.52 bits per heavy atom. The first-order valence-electron chi connectivity index (χ1n) is 7.42. The van der Waals surface area contributed by atoms with E-state index in [2.05, 4.69) is 4.98 Å². The standard InChI is InChI=1S/C17H17N3O3/c1-23-14-4-2-13(3-5-14)20-16(21)10-15(17(20)22)19-11-12-6-8-18-9-7-12/h2-9,15,19H,10-11H2,1H3/p+1. The van der Waals surface area contributed by atoms with Crippen molar-refractivity contribution in [3.05, 3.63) is 54.4 Å². The van der Waals surface area contributed by atoms with Gasteiger partial charge in [-0.05, 0) is 36.4 Å². The molecule has 6 heteroatoms. The zero-order chi connectivity index (χ0) is 16.2. The summed E-state index contributed by atoms with van der Waals surface area (Å²) in [5, 5.41) is 1.90. The molecule has 0 radical (unpaired) electrons. The van der Waals surface area contributed by atoms with Crippen molar-refractivity contribution in [2.45, 2.75) is 19.0 Å². The molecule has 2 N–H and O–H groups in total. The number of quaternary nitrogens is 1. The molecule has 1 fully saturated rings. The second-order valence-corrected chi connectivity index (χ2v) is 5.37. The van der Waals surface area contributed by atoms with Crippen LogP contribution in [0, 0.1) is 0 Å². The third kappa shape index (κ3) is 3.22. The number of hydrogen-bond acceptors (Lipinski definition) is 4. The van der Waals surface area contributed by atoms with Crippen molar-refractivity contribution in [1.82, 2.24) is 4.98 Å². The zero-order valence-corrected chi connectivity index (χ0v) is 12.8. The van der Waals surface area contributed by atoms with Gasteiger partial charge in [-0.1, -0.05) is 0 Å². The third-order valence-corrected chi connectivity index (χ3v) is 3.90. The lowest BCUT2D eigenvalue weighted by atomic mass is 10.2. The normalized spacial score (nSPS) is 17.6. The number of benzene rings is 1. The van der Waals surface area contributed by atoms with Crippen molar-refractivity contribution in [3.63, 3.8) is 0 Å². The van der Waals surface area contributed by atoms with Crippen molar-refractivity contribution in [1.29, 1.82) is 0 Å². The quantitative estimate of drug-likeness (QED) is 0.815. The van der Waals surface area contributed by atoms with Gasteiger partial charge in [-0.25, -0.2) is 4.90 Å². The number of aromatic nitrogens is 1. The Kier molecular flexibility index (Phi) is 4.34. The highest BCUT2D eigenvalue weighted by molar-refractivity contribution is 6.21. The Morgan fingerprint density at radius 1 is 1.17 bits per heavy atom. The Morgan fingerprint density at radius 2 is 1.87 bits per heavy atom. The number of nitrogens with zero attached hydrogens (tertiary/aromatic N) is 2. The number of anilines is 1. The fourth-order valence-electron chi connectivity index (χ4n) is 2.64. The molecule has 0 saturated carbocycles. The maximum Gasteiger partial charge on any atom is 0.292 e. The average molecular weight is 312 g/mol. The van der Waals surface area contributed by atoms with Crippen LogP contribution in [0.2, 0.25) is 0 Å². The first-order valence-corrected chi connectivity index (χ1v) is 7.42. The summed E-state index contributed by atoms with van der Waals surface area (Å²) in [5.41, 5.74) is 1.66. The van der Waals surface area contributed by atoms with Gasteiger partial charge in [0.25, 0.3) is 5.91 Å². The molecular formula is C17H18N3O3+. The number of methoxy groups -OCH3 is 1. The summed E-state index contributed by atoms with van der Waals surface area (Å²) in [6, 6.07) is 10.4. The van der Waals surface area contributed by atoms with Crippen molar-refractivity contribution < 1.29 is 19.6 Å². The minimum Gasteiger partial charge on any atom is -0.497 e. The molecule has 1 aromatic heterocycles. The molecule has 2 heterocycles. The molecule has 0 aliphatic carbocycles. The number of nitrogens with two attached hydrogens (primary N) is 1. The van der Waals surface area contributed by atoms with E-state index in [1.807, 2.05) is 17.4 Å². The summed E-state index contributed by atoms with van der Waals surface area (Å²) in [6.07, 6.45) is 3.65. The lowest BCUT2D eigenvalue weighted by Gasteiger charge is -2.14. The van der Waals surface area contributed by atoms with E-state index in [0.717, 1.165) is 5.56 Å². The average Bonchev–Trinajstić information content (AvgIpc) is 2.88. The van der Waals surface area contributed by atoms with Crippen LogP contribution in [0.1, 0.15) is 12.0 Å². The predicted octanol–water partition coefficient (Wildman–Crippen LogP) is 0.486. The van der Waals surface area contributed by atoms with Crippen LogP contribution in [0.25, 0.3) is 0 Å². The molecule has 1 aliphatic heterocycles. The molecule has 1 atom stereocenters. The molecule has 3 rings (SSSR count). The van der Waals surface area contributed by atoms with E-state index >= 15 is 0 Å². The molecule has 118 valence electrons. The lowest BCUT2D eigenvalue weighted by Crippen LogP contribution is -2.90. The largest absolute Gasteiger partial charge is 0.497 e. The van der Waals surface area contributed by atoms with Gasteiger partial charge < -0.3 is 10.1 Å². The van der Waals surface area contributed by atoms with Crippen LogP contribution in [0.3, 0.4) is 0 Å². The highest BCUT2D eigenvalue weighted by Crippen LogP contribution is 2.24. The Balaban J connectivity index is 1.69. The highest BCUT2D eigenvalue weighted by Gasteiger charge is 2.42. The highest BCUT2D eigenvalue weighted by atomic mass is 16.5. The molecule has 1 aromatic carbocycles. The van der Waals surface area contributed by atoms with Crippen molar-refractivity contribution in [3.8, 4) is 5.75 Å². The molecule has 23 heavy (non-hydrogen) atoms. The second-order valence-electron chi connectivity index (χ2n) is 5.37. The van der Waals surface area contributed by atoms with Gasteiger partial charge in [0.1, 0.15) is 12.3 Å². The van der Waals surface area contributed by atoms with Gasteiger partial charge >= 0.3 is 0 Å². The van der Waals surface area contributed by atoms with Crippen LogP contribution in [-0.2, 0) is 16.1 Å². The van der Waals surface area contributed by atoms with Crippen LogP contribution in [0.5, 0.6) is 5.75 Å². The first-order chi connectivity index (χ1) is 11.2. The number of carbonyl (C=O) groups excluding carboxylic acids is 2. The van der Waals surface area contributed by atoms with Gasteiger partial charge in [0, 0.05) is 18.0 Å². The van der Waals surface area contributed by atoms with Gasteiger partial charge in [-0.15, -0.1) is 0 Å². The SMILES string of the molecule is COc1ccc(N2C(=O)CC([NH2+]Cc3ccncc3)C2=O)cc1. The second kappa shape index (κ2) is 6.58. The van der Waals surface area contributed by atoms with Gasteiger partial charge in [0.15, 0.2) is 6.04 Å². The summed E-state index contributed by atoms with van der Waals surface area (Å²) in [4.78, 5) is 29.9. The number of pyridine rings is 1. The molecule has 1 saturated heterocycles.